The summed E-state index contributed by atoms with van der Waals surface area (Å²) >= 11 is 3.08. The largest absolute Gasteiger partial charge is 0.416 e. The molecule has 0 amide bonds. The summed E-state index contributed by atoms with van der Waals surface area (Å²) in [5.41, 5.74) is -0.252. The molecule has 2 aromatic rings. The van der Waals surface area contributed by atoms with E-state index in [2.05, 4.69) is 26.3 Å². The van der Waals surface area contributed by atoms with Gasteiger partial charge in [0.2, 0.25) is 0 Å². The van der Waals surface area contributed by atoms with E-state index in [0.717, 1.165) is 12.1 Å². The van der Waals surface area contributed by atoms with Crippen molar-refractivity contribution in [2.24, 2.45) is 0 Å². The van der Waals surface area contributed by atoms with Crippen molar-refractivity contribution in [3.8, 4) is 0 Å². The van der Waals surface area contributed by atoms with E-state index in [4.69, 9.17) is 0 Å². The van der Waals surface area contributed by atoms with Crippen molar-refractivity contribution in [1.82, 2.24) is 9.78 Å². The number of aromatic nitrogens is 2. The highest BCUT2D eigenvalue weighted by molar-refractivity contribution is 9.10. The summed E-state index contributed by atoms with van der Waals surface area (Å²) in [7, 11) is 0. The summed E-state index contributed by atoms with van der Waals surface area (Å²) in [5.74, 6) is 0. The van der Waals surface area contributed by atoms with Crippen molar-refractivity contribution in [1.29, 1.82) is 0 Å². The van der Waals surface area contributed by atoms with Gasteiger partial charge in [-0.25, -0.2) is 0 Å². The standard InChI is InChI=1S/C12H11BrF3N3/c13-10-6-9(12(14,15)16)7-11(8-10)17-3-5-19-4-1-2-18-19/h1-2,4,6-8,17H,3,5H2. The summed E-state index contributed by atoms with van der Waals surface area (Å²) in [6.45, 7) is 1.08. The Bertz CT molecular complexity index is 538. The molecule has 0 saturated heterocycles. The van der Waals surface area contributed by atoms with E-state index in [9.17, 15) is 13.2 Å². The fraction of sp³-hybridized carbons (Fsp3) is 0.250. The van der Waals surface area contributed by atoms with Gasteiger partial charge in [0.05, 0.1) is 12.1 Å². The van der Waals surface area contributed by atoms with E-state index in [-0.39, 0.29) is 0 Å². The van der Waals surface area contributed by atoms with Gasteiger partial charge in [-0.15, -0.1) is 0 Å². The van der Waals surface area contributed by atoms with Gasteiger partial charge < -0.3 is 5.32 Å². The van der Waals surface area contributed by atoms with Gasteiger partial charge in [0.25, 0.3) is 0 Å². The van der Waals surface area contributed by atoms with Crippen LogP contribution in [0.25, 0.3) is 0 Å². The van der Waals surface area contributed by atoms with E-state index in [0.29, 0.717) is 23.2 Å². The monoisotopic (exact) mass is 333 g/mol. The van der Waals surface area contributed by atoms with Gasteiger partial charge in [0.1, 0.15) is 0 Å². The Morgan fingerprint density at radius 3 is 2.68 bits per heavy atom. The maximum Gasteiger partial charge on any atom is 0.416 e. The molecule has 0 aliphatic rings. The fourth-order valence-corrected chi connectivity index (χ4v) is 2.10. The van der Waals surface area contributed by atoms with Crippen LogP contribution < -0.4 is 5.32 Å². The molecule has 102 valence electrons. The topological polar surface area (TPSA) is 29.9 Å². The van der Waals surface area contributed by atoms with Gasteiger partial charge >= 0.3 is 6.18 Å². The SMILES string of the molecule is FC(F)(F)c1cc(Br)cc(NCCn2cccn2)c1. The summed E-state index contributed by atoms with van der Waals surface area (Å²) in [6.07, 6.45) is -0.896. The number of nitrogens with zero attached hydrogens (tertiary/aromatic N) is 2. The third-order valence-electron chi connectivity index (χ3n) is 2.45. The number of nitrogens with one attached hydrogen (secondary N) is 1. The zero-order chi connectivity index (χ0) is 13.9. The van der Waals surface area contributed by atoms with Crippen molar-refractivity contribution in [3.05, 3.63) is 46.7 Å². The molecule has 1 heterocycles. The number of hydrogen-bond acceptors (Lipinski definition) is 2. The molecule has 2 rings (SSSR count). The smallest absolute Gasteiger partial charge is 0.383 e. The van der Waals surface area contributed by atoms with Crippen LogP contribution in [0.5, 0.6) is 0 Å². The van der Waals surface area contributed by atoms with Crippen molar-refractivity contribution >= 4 is 21.6 Å². The van der Waals surface area contributed by atoms with Gasteiger partial charge in [-0.3, -0.25) is 4.68 Å². The molecule has 0 fully saturated rings. The number of hydrogen-bond donors (Lipinski definition) is 1. The van der Waals surface area contributed by atoms with Crippen LogP contribution in [0.2, 0.25) is 0 Å². The highest BCUT2D eigenvalue weighted by Gasteiger charge is 2.31. The van der Waals surface area contributed by atoms with E-state index in [1.165, 1.54) is 0 Å². The molecule has 0 atom stereocenters. The molecular formula is C12H11BrF3N3. The average Bonchev–Trinajstić information content (AvgIpc) is 2.80. The maximum atomic E-state index is 12.6. The molecule has 0 radical (unpaired) electrons. The quantitative estimate of drug-likeness (QED) is 0.922. The minimum absolute atomic E-state index is 0.393. The minimum Gasteiger partial charge on any atom is -0.383 e. The summed E-state index contributed by atoms with van der Waals surface area (Å²) < 4.78 is 40.0. The lowest BCUT2D eigenvalue weighted by molar-refractivity contribution is -0.137. The number of benzene rings is 1. The number of anilines is 1. The Morgan fingerprint density at radius 2 is 2.05 bits per heavy atom. The zero-order valence-corrected chi connectivity index (χ0v) is 11.4. The first-order valence-electron chi connectivity index (χ1n) is 5.54. The lowest BCUT2D eigenvalue weighted by Crippen LogP contribution is -2.12. The Labute approximate surface area is 116 Å². The molecule has 0 aliphatic heterocycles. The molecule has 7 heteroatoms. The highest BCUT2D eigenvalue weighted by Crippen LogP contribution is 2.33. The van der Waals surface area contributed by atoms with Gasteiger partial charge in [-0.05, 0) is 24.3 Å². The van der Waals surface area contributed by atoms with Gasteiger partial charge in [-0.1, -0.05) is 15.9 Å². The Balaban J connectivity index is 2.02. The number of alkyl halides is 3. The first-order valence-corrected chi connectivity index (χ1v) is 6.33. The van der Waals surface area contributed by atoms with Crippen molar-refractivity contribution in [2.45, 2.75) is 12.7 Å². The van der Waals surface area contributed by atoms with Gasteiger partial charge in [0, 0.05) is 29.1 Å². The molecular weight excluding hydrogens is 323 g/mol. The van der Waals surface area contributed by atoms with Crippen LogP contribution in [0.15, 0.2) is 41.1 Å². The fourth-order valence-electron chi connectivity index (χ4n) is 1.60. The van der Waals surface area contributed by atoms with Crippen LogP contribution in [-0.4, -0.2) is 16.3 Å². The molecule has 0 aliphatic carbocycles. The summed E-state index contributed by atoms with van der Waals surface area (Å²) in [5, 5.41) is 6.95. The third kappa shape index (κ3) is 3.99. The van der Waals surface area contributed by atoms with Gasteiger partial charge in [-0.2, -0.15) is 18.3 Å². The summed E-state index contributed by atoms with van der Waals surface area (Å²) in [4.78, 5) is 0. The predicted molar refractivity (Wildman–Crippen MR) is 69.9 cm³/mol. The number of rotatable bonds is 4. The Hall–Kier alpha value is -1.50. The van der Waals surface area contributed by atoms with Crippen LogP contribution in [0.3, 0.4) is 0 Å². The molecule has 19 heavy (non-hydrogen) atoms. The van der Waals surface area contributed by atoms with E-state index < -0.39 is 11.7 Å². The molecule has 0 bridgehead atoms. The van der Waals surface area contributed by atoms with Crippen molar-refractivity contribution in [2.75, 3.05) is 11.9 Å². The van der Waals surface area contributed by atoms with Crippen molar-refractivity contribution < 1.29 is 13.2 Å². The van der Waals surface area contributed by atoms with Crippen LogP contribution >= 0.6 is 15.9 Å². The molecule has 0 saturated carbocycles. The minimum atomic E-state index is -4.35. The Morgan fingerprint density at radius 1 is 1.26 bits per heavy atom. The molecule has 1 N–H and O–H groups in total. The zero-order valence-electron chi connectivity index (χ0n) is 9.78. The lowest BCUT2D eigenvalue weighted by atomic mass is 10.2. The molecule has 1 aromatic heterocycles. The Kier molecular flexibility index (Phi) is 4.14. The normalized spacial score (nSPS) is 11.6. The van der Waals surface area contributed by atoms with Crippen LogP contribution in [0, 0.1) is 0 Å². The lowest BCUT2D eigenvalue weighted by Gasteiger charge is -2.11. The predicted octanol–water partition coefficient (Wildman–Crippen LogP) is 3.78. The number of halogens is 4. The molecule has 0 spiro atoms. The summed E-state index contributed by atoms with van der Waals surface area (Å²) in [6, 6.07) is 5.55. The van der Waals surface area contributed by atoms with Crippen LogP contribution in [-0.2, 0) is 12.7 Å². The highest BCUT2D eigenvalue weighted by atomic mass is 79.9. The second-order valence-electron chi connectivity index (χ2n) is 3.92. The van der Waals surface area contributed by atoms with Crippen LogP contribution in [0.4, 0.5) is 18.9 Å². The maximum absolute atomic E-state index is 12.6. The van der Waals surface area contributed by atoms with E-state index in [1.54, 1.807) is 29.2 Å². The van der Waals surface area contributed by atoms with E-state index >= 15 is 0 Å². The third-order valence-corrected chi connectivity index (χ3v) is 2.91. The molecule has 1 aromatic carbocycles. The average molecular weight is 334 g/mol. The first kappa shape index (κ1) is 13.9. The first-order chi connectivity index (χ1) is 8.95. The van der Waals surface area contributed by atoms with Crippen LogP contribution in [0.1, 0.15) is 5.56 Å². The second kappa shape index (κ2) is 5.64. The molecule has 3 nitrogen and oxygen atoms in total. The van der Waals surface area contributed by atoms with E-state index in [1.807, 2.05) is 0 Å². The second-order valence-corrected chi connectivity index (χ2v) is 4.84. The molecule has 0 unspecified atom stereocenters. The van der Waals surface area contributed by atoms with Crippen molar-refractivity contribution in [3.63, 3.8) is 0 Å². The van der Waals surface area contributed by atoms with Gasteiger partial charge in [0.15, 0.2) is 0 Å².